The fourth-order valence-corrected chi connectivity index (χ4v) is 3.34. The van der Waals surface area contributed by atoms with Gasteiger partial charge >= 0.3 is 0 Å². The fraction of sp³-hybridized carbons (Fsp3) is 0.286. The zero-order chi connectivity index (χ0) is 18.9. The van der Waals surface area contributed by atoms with E-state index in [1.165, 1.54) is 31.8 Å². The third-order valence-electron chi connectivity index (χ3n) is 3.83. The van der Waals surface area contributed by atoms with E-state index in [2.05, 4.69) is 6.92 Å². The third kappa shape index (κ3) is 6.06. The average Bonchev–Trinajstić information content (AvgIpc) is 2.60. The van der Waals surface area contributed by atoms with Crippen LogP contribution >= 0.6 is 11.8 Å². The molecule has 0 heterocycles. The van der Waals surface area contributed by atoms with E-state index in [1.807, 2.05) is 24.3 Å². The number of rotatable bonds is 9. The van der Waals surface area contributed by atoms with Crippen molar-refractivity contribution in [3.63, 3.8) is 0 Å². The lowest BCUT2D eigenvalue weighted by Gasteiger charge is -2.03. The van der Waals surface area contributed by atoms with Crippen LogP contribution in [0.1, 0.15) is 48.5 Å². The summed E-state index contributed by atoms with van der Waals surface area (Å²) < 4.78 is 40.1. The number of hydrogen-bond acceptors (Lipinski definition) is 2. The van der Waals surface area contributed by atoms with Gasteiger partial charge in [0.1, 0.15) is 17.5 Å². The maximum atomic E-state index is 13.6. The summed E-state index contributed by atoms with van der Waals surface area (Å²) in [4.78, 5) is 13.1. The number of benzene rings is 2. The number of thioether (sulfide) groups is 1. The number of unbranched alkanes of at least 4 members (excludes halogenated alkanes) is 3. The molecular formula is C21H21F3OS. The number of carbonyl (C=O) groups excluding carboxylic acids is 1. The van der Waals surface area contributed by atoms with Crippen LogP contribution in [0.15, 0.2) is 47.4 Å². The van der Waals surface area contributed by atoms with Crippen molar-refractivity contribution in [2.45, 2.75) is 37.5 Å². The van der Waals surface area contributed by atoms with Crippen LogP contribution in [0.4, 0.5) is 13.2 Å². The van der Waals surface area contributed by atoms with E-state index in [4.69, 9.17) is 0 Å². The Morgan fingerprint density at radius 3 is 2.27 bits per heavy atom. The van der Waals surface area contributed by atoms with Gasteiger partial charge in [-0.2, -0.15) is 0 Å². The summed E-state index contributed by atoms with van der Waals surface area (Å²) in [6, 6.07) is 8.58. The number of allylic oxidation sites excluding steroid dienone is 1. The molecule has 2 rings (SSSR count). The van der Waals surface area contributed by atoms with Crippen molar-refractivity contribution < 1.29 is 18.0 Å². The molecule has 2 aromatic rings. The van der Waals surface area contributed by atoms with Gasteiger partial charge in [-0.05, 0) is 35.9 Å². The predicted octanol–water partition coefficient (Wildman–Crippen LogP) is 6.67. The summed E-state index contributed by atoms with van der Waals surface area (Å²) in [5.41, 5.74) is -0.00137. The molecule has 0 spiro atoms. The number of ketones is 1. The van der Waals surface area contributed by atoms with E-state index in [0.29, 0.717) is 12.1 Å². The predicted molar refractivity (Wildman–Crippen MR) is 101 cm³/mol. The minimum absolute atomic E-state index is 0.497. The van der Waals surface area contributed by atoms with E-state index in [9.17, 15) is 18.0 Å². The first-order valence-electron chi connectivity index (χ1n) is 8.61. The van der Waals surface area contributed by atoms with E-state index in [-0.39, 0.29) is 0 Å². The molecule has 0 aliphatic carbocycles. The lowest BCUT2D eigenvalue weighted by Crippen LogP contribution is -2.03. The Morgan fingerprint density at radius 1 is 1.00 bits per heavy atom. The minimum Gasteiger partial charge on any atom is -0.289 e. The van der Waals surface area contributed by atoms with Gasteiger partial charge in [0.2, 0.25) is 0 Å². The van der Waals surface area contributed by atoms with Gasteiger partial charge < -0.3 is 0 Å². The minimum atomic E-state index is -1.20. The Labute approximate surface area is 156 Å². The lowest BCUT2D eigenvalue weighted by molar-refractivity contribution is 0.104. The third-order valence-corrected chi connectivity index (χ3v) is 4.93. The van der Waals surface area contributed by atoms with Crippen molar-refractivity contribution in [2.24, 2.45) is 0 Å². The molecule has 0 aromatic heterocycles. The molecule has 26 heavy (non-hydrogen) atoms. The Balaban J connectivity index is 1.95. The van der Waals surface area contributed by atoms with Gasteiger partial charge in [0.05, 0.1) is 5.56 Å². The molecule has 2 aromatic carbocycles. The largest absolute Gasteiger partial charge is 0.289 e. The molecule has 0 atom stereocenters. The smallest absolute Gasteiger partial charge is 0.191 e. The Bertz CT molecular complexity index is 746. The van der Waals surface area contributed by atoms with E-state index < -0.39 is 28.8 Å². The SMILES string of the molecule is CCCCCCSc1ccc(C=CC(=O)c2c(F)cc(F)cc2F)cc1. The first-order chi connectivity index (χ1) is 12.5. The van der Waals surface area contributed by atoms with Gasteiger partial charge in [0, 0.05) is 17.0 Å². The zero-order valence-electron chi connectivity index (χ0n) is 14.6. The van der Waals surface area contributed by atoms with Crippen LogP contribution in [0.3, 0.4) is 0 Å². The molecular weight excluding hydrogens is 357 g/mol. The molecule has 0 N–H and O–H groups in total. The molecule has 0 saturated carbocycles. The molecule has 1 nitrogen and oxygen atoms in total. The molecule has 138 valence electrons. The highest BCUT2D eigenvalue weighted by molar-refractivity contribution is 7.99. The van der Waals surface area contributed by atoms with Crippen molar-refractivity contribution in [3.05, 3.63) is 71.1 Å². The summed E-state index contributed by atoms with van der Waals surface area (Å²) in [6.45, 7) is 2.18. The lowest BCUT2D eigenvalue weighted by atomic mass is 10.1. The Kier molecular flexibility index (Phi) is 7.98. The van der Waals surface area contributed by atoms with Crippen molar-refractivity contribution in [3.8, 4) is 0 Å². The summed E-state index contributed by atoms with van der Waals surface area (Å²) >= 11 is 1.78. The summed E-state index contributed by atoms with van der Waals surface area (Å²) in [7, 11) is 0. The molecule has 0 radical (unpaired) electrons. The molecule has 0 fully saturated rings. The monoisotopic (exact) mass is 378 g/mol. The molecule has 5 heteroatoms. The quantitative estimate of drug-likeness (QED) is 0.210. The first kappa shape index (κ1) is 20.3. The molecule has 0 aliphatic rings. The van der Waals surface area contributed by atoms with Gasteiger partial charge in [-0.1, -0.05) is 44.4 Å². The highest BCUT2D eigenvalue weighted by Crippen LogP contribution is 2.21. The second-order valence-electron chi connectivity index (χ2n) is 5.92. The topological polar surface area (TPSA) is 17.1 Å². The summed E-state index contributed by atoms with van der Waals surface area (Å²) in [5, 5.41) is 0. The van der Waals surface area contributed by atoms with Crippen LogP contribution in [0, 0.1) is 17.5 Å². The van der Waals surface area contributed by atoms with E-state index >= 15 is 0 Å². The molecule has 0 amide bonds. The van der Waals surface area contributed by atoms with E-state index in [1.54, 1.807) is 11.8 Å². The van der Waals surface area contributed by atoms with Crippen molar-refractivity contribution >= 4 is 23.6 Å². The summed E-state index contributed by atoms with van der Waals surface area (Å²) in [6.07, 6.45) is 7.47. The second kappa shape index (κ2) is 10.2. The van der Waals surface area contributed by atoms with Crippen LogP contribution in [0.25, 0.3) is 6.08 Å². The van der Waals surface area contributed by atoms with Crippen LogP contribution in [-0.2, 0) is 0 Å². The Hall–Kier alpha value is -2.01. The van der Waals surface area contributed by atoms with Gasteiger partial charge in [-0.3, -0.25) is 4.79 Å². The van der Waals surface area contributed by atoms with Crippen molar-refractivity contribution in [1.29, 1.82) is 0 Å². The number of halogens is 3. The molecule has 0 unspecified atom stereocenters. The van der Waals surface area contributed by atoms with Crippen LogP contribution in [0.2, 0.25) is 0 Å². The fourth-order valence-electron chi connectivity index (χ4n) is 2.43. The van der Waals surface area contributed by atoms with Crippen molar-refractivity contribution in [1.82, 2.24) is 0 Å². The highest BCUT2D eigenvalue weighted by atomic mass is 32.2. The first-order valence-corrected chi connectivity index (χ1v) is 9.59. The van der Waals surface area contributed by atoms with Gasteiger partial charge in [0.15, 0.2) is 5.78 Å². The standard InChI is InChI=1S/C21H21F3OS/c1-2-3-4-5-12-26-17-9-6-15(7-10-17)8-11-20(25)21-18(23)13-16(22)14-19(21)24/h6-11,13-14H,2-5,12H2,1H3. The van der Waals surface area contributed by atoms with Crippen LogP contribution < -0.4 is 0 Å². The van der Waals surface area contributed by atoms with Gasteiger partial charge in [0.25, 0.3) is 0 Å². The maximum Gasteiger partial charge on any atom is 0.191 e. The van der Waals surface area contributed by atoms with Crippen LogP contribution in [-0.4, -0.2) is 11.5 Å². The Morgan fingerprint density at radius 2 is 1.65 bits per heavy atom. The molecule has 0 bridgehead atoms. The van der Waals surface area contributed by atoms with Crippen LogP contribution in [0.5, 0.6) is 0 Å². The van der Waals surface area contributed by atoms with Crippen molar-refractivity contribution in [2.75, 3.05) is 5.75 Å². The zero-order valence-corrected chi connectivity index (χ0v) is 15.4. The van der Waals surface area contributed by atoms with Gasteiger partial charge in [-0.15, -0.1) is 11.8 Å². The number of carbonyl (C=O) groups is 1. The summed E-state index contributed by atoms with van der Waals surface area (Å²) in [5.74, 6) is -3.23. The van der Waals surface area contributed by atoms with E-state index in [0.717, 1.165) is 22.3 Å². The average molecular weight is 378 g/mol. The second-order valence-corrected chi connectivity index (χ2v) is 7.09. The molecule has 0 saturated heterocycles. The molecule has 0 aliphatic heterocycles. The highest BCUT2D eigenvalue weighted by Gasteiger charge is 2.16. The maximum absolute atomic E-state index is 13.6. The van der Waals surface area contributed by atoms with Gasteiger partial charge in [-0.25, -0.2) is 13.2 Å². The normalized spacial score (nSPS) is 11.2. The number of hydrogen-bond donors (Lipinski definition) is 0.